The van der Waals surface area contributed by atoms with Gasteiger partial charge >= 0.3 is 0 Å². The Bertz CT molecular complexity index is 689. The molecule has 0 bridgehead atoms. The highest BCUT2D eigenvalue weighted by atomic mass is 16.2. The summed E-state index contributed by atoms with van der Waals surface area (Å²) in [4.78, 5) is 35.7. The highest BCUT2D eigenvalue weighted by Crippen LogP contribution is 2.24. The van der Waals surface area contributed by atoms with Crippen LogP contribution in [0.3, 0.4) is 0 Å². The number of nitrogens with zero attached hydrogens (tertiary/aromatic N) is 2. The van der Waals surface area contributed by atoms with Crippen molar-refractivity contribution in [2.45, 2.75) is 45.2 Å². The van der Waals surface area contributed by atoms with Gasteiger partial charge in [0, 0.05) is 25.4 Å². The van der Waals surface area contributed by atoms with Crippen LogP contribution in [0.4, 0.5) is 5.69 Å². The summed E-state index contributed by atoms with van der Waals surface area (Å²) in [6.07, 6.45) is 1.17. The predicted octanol–water partition coefficient (Wildman–Crippen LogP) is 0.528. The molecule has 0 aromatic heterocycles. The molecule has 1 aromatic carbocycles. The van der Waals surface area contributed by atoms with E-state index in [0.29, 0.717) is 5.69 Å². The van der Waals surface area contributed by atoms with E-state index >= 15 is 0 Å². The molecule has 8 heteroatoms. The molecule has 0 aliphatic carbocycles. The molecule has 1 aromatic rings. The predicted molar refractivity (Wildman–Crippen MR) is 99.5 cm³/mol. The maximum atomic E-state index is 12.3. The Labute approximate surface area is 152 Å². The highest BCUT2D eigenvalue weighted by molar-refractivity contribution is 6.40. The second kappa shape index (κ2) is 8.98. The second-order valence-corrected chi connectivity index (χ2v) is 6.23. The number of nitrogens with one attached hydrogen (secondary N) is 2. The minimum absolute atomic E-state index is 0.105. The van der Waals surface area contributed by atoms with Crippen LogP contribution in [-0.4, -0.2) is 42.1 Å². The van der Waals surface area contributed by atoms with Gasteiger partial charge in [0.15, 0.2) is 0 Å². The van der Waals surface area contributed by atoms with E-state index in [1.807, 2.05) is 32.0 Å². The fourth-order valence-corrected chi connectivity index (χ4v) is 2.53. The van der Waals surface area contributed by atoms with Gasteiger partial charge in [-0.3, -0.25) is 19.4 Å². The Morgan fingerprint density at radius 1 is 1.31 bits per heavy atom. The summed E-state index contributed by atoms with van der Waals surface area (Å²) in [5, 5.41) is 11.2. The number of nitrogens with two attached hydrogens (primary N) is 1. The van der Waals surface area contributed by atoms with Crippen molar-refractivity contribution in [2.75, 3.05) is 11.6 Å². The molecule has 1 heterocycles. The first-order valence-electron chi connectivity index (χ1n) is 8.71. The molecule has 0 saturated heterocycles. The molecular formula is C18H25N5O3. The molecule has 3 amide bonds. The molecule has 2 atom stereocenters. The molecule has 140 valence electrons. The van der Waals surface area contributed by atoms with E-state index in [9.17, 15) is 14.4 Å². The van der Waals surface area contributed by atoms with Crippen LogP contribution >= 0.6 is 0 Å². The van der Waals surface area contributed by atoms with Gasteiger partial charge in [-0.1, -0.05) is 25.1 Å². The Kier molecular flexibility index (Phi) is 6.71. The van der Waals surface area contributed by atoms with Gasteiger partial charge in [-0.25, -0.2) is 0 Å². The summed E-state index contributed by atoms with van der Waals surface area (Å²) in [5.74, 6) is -1.06. The van der Waals surface area contributed by atoms with Crippen molar-refractivity contribution >= 4 is 29.1 Å². The topological polar surface area (TPSA) is 117 Å². The lowest BCUT2D eigenvalue weighted by Crippen LogP contribution is -2.40. The van der Waals surface area contributed by atoms with Crippen LogP contribution in [0.5, 0.6) is 0 Å². The number of para-hydroxylation sites is 1. The normalized spacial score (nSPS) is 17.4. The standard InChI is InChI=1S/C18H25N5O3/c1-3-12(2)21-16(24)9-10-20-18(26)14-11-15(17(19)25)23(22-14)13-7-5-4-6-8-13/h4-8,12,15H,3,9-11H2,1-2H3,(H2,19,25)(H,20,26)(H,21,24). The lowest BCUT2D eigenvalue weighted by atomic mass is 10.1. The minimum atomic E-state index is -0.702. The van der Waals surface area contributed by atoms with Gasteiger partial charge in [-0.2, -0.15) is 5.10 Å². The van der Waals surface area contributed by atoms with Crippen LogP contribution < -0.4 is 21.4 Å². The quantitative estimate of drug-likeness (QED) is 0.627. The smallest absolute Gasteiger partial charge is 0.267 e. The van der Waals surface area contributed by atoms with Crippen LogP contribution in [0.25, 0.3) is 0 Å². The number of carbonyl (C=O) groups is 3. The third-order valence-corrected chi connectivity index (χ3v) is 4.18. The summed E-state index contributed by atoms with van der Waals surface area (Å²) in [7, 11) is 0. The van der Waals surface area contributed by atoms with Crippen LogP contribution in [-0.2, 0) is 14.4 Å². The molecule has 8 nitrogen and oxygen atoms in total. The van der Waals surface area contributed by atoms with Gasteiger partial charge in [-0.05, 0) is 25.5 Å². The van der Waals surface area contributed by atoms with Gasteiger partial charge in [-0.15, -0.1) is 0 Å². The molecule has 1 aliphatic heterocycles. The van der Waals surface area contributed by atoms with E-state index in [1.54, 1.807) is 12.1 Å². The monoisotopic (exact) mass is 359 g/mol. The molecular weight excluding hydrogens is 334 g/mol. The molecule has 0 radical (unpaired) electrons. The van der Waals surface area contributed by atoms with E-state index in [4.69, 9.17) is 5.73 Å². The Morgan fingerprint density at radius 3 is 2.62 bits per heavy atom. The van der Waals surface area contributed by atoms with Crippen molar-refractivity contribution in [2.24, 2.45) is 10.8 Å². The van der Waals surface area contributed by atoms with E-state index in [2.05, 4.69) is 15.7 Å². The Balaban J connectivity index is 1.94. The summed E-state index contributed by atoms with van der Waals surface area (Å²) < 4.78 is 0. The molecule has 2 unspecified atom stereocenters. The van der Waals surface area contributed by atoms with Gasteiger partial charge in [0.25, 0.3) is 5.91 Å². The van der Waals surface area contributed by atoms with Crippen LogP contribution in [0, 0.1) is 0 Å². The zero-order chi connectivity index (χ0) is 19.1. The summed E-state index contributed by atoms with van der Waals surface area (Å²) in [6, 6.07) is 8.47. The summed E-state index contributed by atoms with van der Waals surface area (Å²) >= 11 is 0. The first kappa shape index (κ1) is 19.4. The van der Waals surface area contributed by atoms with Crippen molar-refractivity contribution in [1.82, 2.24) is 10.6 Å². The molecule has 4 N–H and O–H groups in total. The lowest BCUT2D eigenvalue weighted by molar-refractivity contribution is -0.122. The van der Waals surface area contributed by atoms with Crippen molar-refractivity contribution in [3.05, 3.63) is 30.3 Å². The maximum Gasteiger partial charge on any atom is 0.267 e. The van der Waals surface area contributed by atoms with Crippen LogP contribution in [0.2, 0.25) is 0 Å². The number of benzene rings is 1. The van der Waals surface area contributed by atoms with Crippen LogP contribution in [0.15, 0.2) is 35.4 Å². The van der Waals surface area contributed by atoms with Crippen molar-refractivity contribution in [3.8, 4) is 0 Å². The number of anilines is 1. The third kappa shape index (κ3) is 5.05. The molecule has 0 spiro atoms. The number of carbonyl (C=O) groups excluding carboxylic acids is 3. The number of hydrogen-bond donors (Lipinski definition) is 3. The lowest BCUT2D eigenvalue weighted by Gasteiger charge is -2.20. The summed E-state index contributed by atoms with van der Waals surface area (Å²) in [5.41, 5.74) is 6.36. The van der Waals surface area contributed by atoms with E-state index in [1.165, 1.54) is 5.01 Å². The van der Waals surface area contributed by atoms with Gasteiger partial charge in [0.1, 0.15) is 11.8 Å². The highest BCUT2D eigenvalue weighted by Gasteiger charge is 2.34. The molecule has 0 saturated carbocycles. The van der Waals surface area contributed by atoms with Crippen molar-refractivity contribution in [3.63, 3.8) is 0 Å². The SMILES string of the molecule is CCC(C)NC(=O)CCNC(=O)C1=NN(c2ccccc2)C(C(N)=O)C1. The molecule has 26 heavy (non-hydrogen) atoms. The second-order valence-electron chi connectivity index (χ2n) is 6.23. The maximum absolute atomic E-state index is 12.3. The summed E-state index contributed by atoms with van der Waals surface area (Å²) in [6.45, 7) is 4.11. The van der Waals surface area contributed by atoms with Crippen molar-refractivity contribution < 1.29 is 14.4 Å². The first-order chi connectivity index (χ1) is 12.4. The fraction of sp³-hybridized carbons (Fsp3) is 0.444. The number of hydrazone groups is 1. The zero-order valence-corrected chi connectivity index (χ0v) is 15.1. The number of amides is 3. The fourth-order valence-electron chi connectivity index (χ4n) is 2.53. The number of hydrogen-bond acceptors (Lipinski definition) is 5. The molecule has 1 aliphatic rings. The van der Waals surface area contributed by atoms with E-state index in [-0.39, 0.29) is 37.0 Å². The van der Waals surface area contributed by atoms with Gasteiger partial charge in [0.05, 0.1) is 5.69 Å². The zero-order valence-electron chi connectivity index (χ0n) is 15.1. The van der Waals surface area contributed by atoms with Crippen molar-refractivity contribution in [1.29, 1.82) is 0 Å². The first-order valence-corrected chi connectivity index (χ1v) is 8.71. The minimum Gasteiger partial charge on any atom is -0.368 e. The van der Waals surface area contributed by atoms with Crippen LogP contribution in [0.1, 0.15) is 33.1 Å². The van der Waals surface area contributed by atoms with Gasteiger partial charge in [0.2, 0.25) is 11.8 Å². The largest absolute Gasteiger partial charge is 0.368 e. The Hall–Kier alpha value is -2.90. The third-order valence-electron chi connectivity index (χ3n) is 4.18. The average molecular weight is 359 g/mol. The van der Waals surface area contributed by atoms with E-state index in [0.717, 1.165) is 6.42 Å². The van der Waals surface area contributed by atoms with E-state index < -0.39 is 17.9 Å². The number of rotatable bonds is 8. The average Bonchev–Trinajstić information content (AvgIpc) is 3.08. The molecule has 0 fully saturated rings. The Morgan fingerprint density at radius 2 is 2.00 bits per heavy atom. The molecule has 2 rings (SSSR count). The number of primary amides is 1. The van der Waals surface area contributed by atoms with Gasteiger partial charge < -0.3 is 16.4 Å².